The molecule has 2 fully saturated rings. The van der Waals surface area contributed by atoms with E-state index in [-0.39, 0.29) is 50.3 Å². The van der Waals surface area contributed by atoms with E-state index < -0.39 is 53.2 Å². The van der Waals surface area contributed by atoms with E-state index in [2.05, 4.69) is 0 Å². The van der Waals surface area contributed by atoms with Gasteiger partial charge < -0.3 is 29.3 Å². The molecule has 1 aromatic carbocycles. The summed E-state index contributed by atoms with van der Waals surface area (Å²) in [5, 5.41) is 9.63. The van der Waals surface area contributed by atoms with Gasteiger partial charge in [-0.05, 0) is 46.1 Å². The Morgan fingerprint density at radius 1 is 1.05 bits per heavy atom. The number of benzene rings is 1. The topological polar surface area (TPSA) is 117 Å². The number of hydrogen-bond acceptors (Lipinski definition) is 7. The van der Waals surface area contributed by atoms with Crippen LogP contribution < -0.4 is 0 Å². The first-order chi connectivity index (χ1) is 20.4. The van der Waals surface area contributed by atoms with Gasteiger partial charge in [0.25, 0.3) is 0 Å². The number of ether oxygens (including phenoxy) is 2. The van der Waals surface area contributed by atoms with E-state index in [0.717, 1.165) is 5.56 Å². The van der Waals surface area contributed by atoms with Crippen molar-refractivity contribution in [3.63, 3.8) is 0 Å². The maximum atomic E-state index is 14.5. The van der Waals surface area contributed by atoms with E-state index in [4.69, 9.17) is 9.47 Å². The number of amides is 3. The van der Waals surface area contributed by atoms with Crippen molar-refractivity contribution >= 4 is 23.7 Å². The maximum absolute atomic E-state index is 14.5. The summed E-state index contributed by atoms with van der Waals surface area (Å²) in [6.07, 6.45) is 6.82. The van der Waals surface area contributed by atoms with Crippen molar-refractivity contribution < 1.29 is 33.8 Å². The van der Waals surface area contributed by atoms with Crippen molar-refractivity contribution in [1.82, 2.24) is 14.7 Å². The second kappa shape index (κ2) is 11.9. The number of allylic oxidation sites excluding steroid dienone is 1. The van der Waals surface area contributed by atoms with Gasteiger partial charge in [-0.1, -0.05) is 54.6 Å². The standard InChI is InChI=1S/C33H43N3O7/c1-21-27(22-13-8-6-9-14-22)42-31(41)25-23-16-17-33(43-23)26(25)29(39)35(18-12-20-37)28(33)30(40)36(32(2,3)4)19-11-7-10-15-24(38)34(21)5/h6-9,11,13-14,16-17,21,23,25-28,37H,10,12,15,18-20H2,1-5H3/b11-7-/t21-,23+,25-,26-,27+,28+,33-/m0/s1. The Hall–Kier alpha value is -3.50. The summed E-state index contributed by atoms with van der Waals surface area (Å²) in [4.78, 5) is 60.8. The molecule has 0 saturated carbocycles. The van der Waals surface area contributed by atoms with Crippen LogP contribution in [0.15, 0.2) is 54.6 Å². The Bertz CT molecular complexity index is 1310. The van der Waals surface area contributed by atoms with Gasteiger partial charge in [0.05, 0.1) is 18.1 Å². The van der Waals surface area contributed by atoms with Crippen LogP contribution >= 0.6 is 0 Å². The molecule has 1 spiro atoms. The fourth-order valence-corrected chi connectivity index (χ4v) is 6.94. The van der Waals surface area contributed by atoms with Gasteiger partial charge in [0.2, 0.25) is 17.7 Å². The lowest BCUT2D eigenvalue weighted by molar-refractivity contribution is -0.164. The first-order valence-electron chi connectivity index (χ1n) is 15.2. The molecule has 0 unspecified atom stereocenters. The number of nitrogens with zero attached hydrogens (tertiary/aromatic N) is 3. The molecule has 1 aromatic rings. The van der Waals surface area contributed by atoms with Crippen molar-refractivity contribution in [2.24, 2.45) is 11.8 Å². The van der Waals surface area contributed by atoms with Gasteiger partial charge in [-0.2, -0.15) is 0 Å². The number of cyclic esters (lactones) is 1. The number of hydrogen-bond donors (Lipinski definition) is 1. The fourth-order valence-electron chi connectivity index (χ4n) is 6.94. The summed E-state index contributed by atoms with van der Waals surface area (Å²) in [6.45, 7) is 7.91. The van der Waals surface area contributed by atoms with E-state index in [0.29, 0.717) is 6.42 Å². The minimum Gasteiger partial charge on any atom is -0.455 e. The zero-order valence-electron chi connectivity index (χ0n) is 25.6. The lowest BCUT2D eigenvalue weighted by Gasteiger charge is -2.41. The molecule has 0 aromatic heterocycles. The smallest absolute Gasteiger partial charge is 0.313 e. The molecule has 5 rings (SSSR count). The Balaban J connectivity index is 1.61. The largest absolute Gasteiger partial charge is 0.455 e. The fraction of sp³-hybridized carbons (Fsp3) is 0.576. The van der Waals surface area contributed by atoms with Crippen LogP contribution in [0, 0.1) is 11.8 Å². The van der Waals surface area contributed by atoms with Gasteiger partial charge >= 0.3 is 5.97 Å². The number of likely N-dealkylation sites (tertiary alicyclic amines) is 1. The van der Waals surface area contributed by atoms with Crippen molar-refractivity contribution in [2.75, 3.05) is 26.7 Å². The number of fused-ring (bicyclic) bond motifs is 2. The average Bonchev–Trinajstić information content (AvgIpc) is 3.62. The van der Waals surface area contributed by atoms with Crippen LogP contribution in [0.5, 0.6) is 0 Å². The van der Waals surface area contributed by atoms with Crippen LogP contribution in [0.4, 0.5) is 0 Å². The van der Waals surface area contributed by atoms with Crippen LogP contribution in [-0.4, -0.2) is 99.6 Å². The second-order valence-electron chi connectivity index (χ2n) is 13.0. The Morgan fingerprint density at radius 3 is 2.44 bits per heavy atom. The molecule has 4 aliphatic heterocycles. The molecule has 5 bridgehead atoms. The first kappa shape index (κ1) is 30.9. The summed E-state index contributed by atoms with van der Waals surface area (Å²) >= 11 is 0. The van der Waals surface area contributed by atoms with E-state index in [1.54, 1.807) is 29.0 Å². The van der Waals surface area contributed by atoms with Crippen LogP contribution in [0.2, 0.25) is 0 Å². The minimum absolute atomic E-state index is 0.0962. The molecular weight excluding hydrogens is 550 g/mol. The molecular formula is C33H43N3O7. The summed E-state index contributed by atoms with van der Waals surface area (Å²) in [7, 11) is 1.71. The number of likely N-dealkylation sites (N-methyl/N-ethyl adjacent to an activating group) is 1. The summed E-state index contributed by atoms with van der Waals surface area (Å²) in [5.74, 6) is -3.28. The predicted octanol–water partition coefficient (Wildman–Crippen LogP) is 2.63. The van der Waals surface area contributed by atoms with Gasteiger partial charge in [0, 0.05) is 38.7 Å². The van der Waals surface area contributed by atoms with E-state index in [9.17, 15) is 24.3 Å². The third kappa shape index (κ3) is 5.40. The zero-order chi connectivity index (χ0) is 31.1. The summed E-state index contributed by atoms with van der Waals surface area (Å²) in [6, 6.07) is 7.77. The highest BCUT2D eigenvalue weighted by atomic mass is 16.6. The van der Waals surface area contributed by atoms with Gasteiger partial charge in [-0.3, -0.25) is 19.2 Å². The highest BCUT2D eigenvalue weighted by Crippen LogP contribution is 2.56. The Morgan fingerprint density at radius 2 is 1.77 bits per heavy atom. The molecule has 0 aliphatic carbocycles. The molecule has 1 N–H and O–H groups in total. The zero-order valence-corrected chi connectivity index (χ0v) is 25.6. The molecule has 10 nitrogen and oxygen atoms in total. The highest BCUT2D eigenvalue weighted by molar-refractivity contribution is 5.99. The van der Waals surface area contributed by atoms with Crippen LogP contribution in [0.1, 0.15) is 58.6 Å². The van der Waals surface area contributed by atoms with Crippen molar-refractivity contribution in [1.29, 1.82) is 0 Å². The molecule has 43 heavy (non-hydrogen) atoms. The van der Waals surface area contributed by atoms with Crippen LogP contribution in [0.3, 0.4) is 0 Å². The Labute approximate surface area is 253 Å². The molecule has 0 radical (unpaired) electrons. The third-order valence-corrected chi connectivity index (χ3v) is 9.31. The molecule has 3 amide bonds. The SMILES string of the molecule is C[C@H]1[C@H](c2ccccc2)OC(=O)[C@@H]2[C@H]3C(=O)N(CCCO)[C@H](C(=O)N(C(C)(C)C)C/C=C\CCC(=O)N1C)[C@]31C=C[C@H]2O1. The number of aliphatic hydroxyl groups is 1. The normalized spacial score (nSPS) is 34.1. The lowest BCUT2D eigenvalue weighted by Crippen LogP contribution is -2.59. The third-order valence-electron chi connectivity index (χ3n) is 9.31. The van der Waals surface area contributed by atoms with Crippen molar-refractivity contribution in [2.45, 2.75) is 82.4 Å². The molecule has 4 heterocycles. The maximum Gasteiger partial charge on any atom is 0.313 e. The van der Waals surface area contributed by atoms with Gasteiger partial charge in [-0.15, -0.1) is 0 Å². The molecule has 10 heteroatoms. The Kier molecular flexibility index (Phi) is 8.55. The molecule has 4 aliphatic rings. The number of carbonyl (C=O) groups excluding carboxylic acids is 4. The van der Waals surface area contributed by atoms with E-state index >= 15 is 0 Å². The van der Waals surface area contributed by atoms with Crippen LogP contribution in [-0.2, 0) is 28.7 Å². The summed E-state index contributed by atoms with van der Waals surface area (Å²) < 4.78 is 12.7. The average molecular weight is 594 g/mol. The van der Waals surface area contributed by atoms with Crippen molar-refractivity contribution in [3.05, 3.63) is 60.2 Å². The second-order valence-corrected chi connectivity index (χ2v) is 13.0. The van der Waals surface area contributed by atoms with Crippen molar-refractivity contribution in [3.8, 4) is 0 Å². The number of rotatable bonds is 4. The molecule has 7 atom stereocenters. The number of carbonyl (C=O) groups is 4. The van der Waals surface area contributed by atoms with E-state index in [1.165, 1.54) is 4.90 Å². The molecule has 232 valence electrons. The van der Waals surface area contributed by atoms with Gasteiger partial charge in [0.15, 0.2) is 0 Å². The minimum atomic E-state index is -1.33. The van der Waals surface area contributed by atoms with E-state index in [1.807, 2.05) is 70.2 Å². The summed E-state index contributed by atoms with van der Waals surface area (Å²) in [5.41, 5.74) is -1.20. The quantitative estimate of drug-likeness (QED) is 0.422. The van der Waals surface area contributed by atoms with Gasteiger partial charge in [0.1, 0.15) is 23.7 Å². The first-order valence-corrected chi connectivity index (χ1v) is 15.2. The number of esters is 1. The predicted molar refractivity (Wildman–Crippen MR) is 158 cm³/mol. The number of aliphatic hydroxyl groups excluding tert-OH is 1. The lowest BCUT2D eigenvalue weighted by atomic mass is 9.74. The monoisotopic (exact) mass is 593 g/mol. The van der Waals surface area contributed by atoms with Gasteiger partial charge in [-0.25, -0.2) is 0 Å². The highest BCUT2D eigenvalue weighted by Gasteiger charge is 2.73. The molecule has 2 saturated heterocycles. The van der Waals surface area contributed by atoms with Crippen LogP contribution in [0.25, 0.3) is 0 Å².